The summed E-state index contributed by atoms with van der Waals surface area (Å²) in [4.78, 5) is 35.7. The van der Waals surface area contributed by atoms with Crippen LogP contribution in [0.15, 0.2) is 30.5 Å². The lowest BCUT2D eigenvalue weighted by Gasteiger charge is -2.35. The number of likely N-dealkylation sites (tertiary alicyclic amines) is 1. The quantitative estimate of drug-likeness (QED) is 0.727. The van der Waals surface area contributed by atoms with Crippen LogP contribution in [0, 0.1) is 0 Å². The van der Waals surface area contributed by atoms with Crippen LogP contribution in [0.5, 0.6) is 0 Å². The van der Waals surface area contributed by atoms with Crippen LogP contribution in [-0.4, -0.2) is 58.4 Å². The van der Waals surface area contributed by atoms with E-state index in [0.717, 1.165) is 47.6 Å². The monoisotopic (exact) mass is 436 g/mol. The van der Waals surface area contributed by atoms with Gasteiger partial charge in [0.1, 0.15) is 11.5 Å². The average molecular weight is 437 g/mol. The SMILES string of the molecule is CCN1Cc2cc(N3CCCc4cc(C(=O)N5CCCC(C)(F)C5)cnc43)ccc2C1=O. The van der Waals surface area contributed by atoms with Crippen LogP contribution in [0.4, 0.5) is 15.9 Å². The van der Waals surface area contributed by atoms with Crippen molar-refractivity contribution >= 4 is 23.3 Å². The Balaban J connectivity index is 1.41. The number of hydrogen-bond acceptors (Lipinski definition) is 4. The van der Waals surface area contributed by atoms with Crippen LogP contribution in [0.1, 0.15) is 65.0 Å². The van der Waals surface area contributed by atoms with Crippen molar-refractivity contribution < 1.29 is 14.0 Å². The van der Waals surface area contributed by atoms with Gasteiger partial charge in [0.2, 0.25) is 0 Å². The zero-order valence-corrected chi connectivity index (χ0v) is 18.7. The zero-order chi connectivity index (χ0) is 22.5. The third-order valence-electron chi connectivity index (χ3n) is 6.87. The number of anilines is 2. The maximum Gasteiger partial charge on any atom is 0.255 e. The minimum Gasteiger partial charge on any atom is -0.335 e. The Morgan fingerprint density at radius 2 is 2.03 bits per heavy atom. The highest BCUT2D eigenvalue weighted by atomic mass is 19.1. The zero-order valence-electron chi connectivity index (χ0n) is 18.7. The van der Waals surface area contributed by atoms with Crippen molar-refractivity contribution in [3.8, 4) is 0 Å². The molecule has 6 nitrogen and oxygen atoms in total. The molecule has 0 bridgehead atoms. The van der Waals surface area contributed by atoms with E-state index in [0.29, 0.717) is 38.0 Å². The van der Waals surface area contributed by atoms with Gasteiger partial charge in [0, 0.05) is 43.6 Å². The van der Waals surface area contributed by atoms with E-state index in [1.165, 1.54) is 0 Å². The number of halogens is 1. The number of benzene rings is 1. The number of nitrogens with zero attached hydrogens (tertiary/aromatic N) is 4. The number of amides is 2. The predicted octanol–water partition coefficient (Wildman–Crippen LogP) is 4.11. The number of pyridine rings is 1. The number of piperidine rings is 1. The molecule has 3 aliphatic heterocycles. The van der Waals surface area contributed by atoms with Gasteiger partial charge in [0.05, 0.1) is 12.1 Å². The van der Waals surface area contributed by atoms with Gasteiger partial charge in [-0.2, -0.15) is 0 Å². The highest BCUT2D eigenvalue weighted by Gasteiger charge is 2.34. The van der Waals surface area contributed by atoms with Crippen molar-refractivity contribution in [2.24, 2.45) is 0 Å². The fraction of sp³-hybridized carbons (Fsp3) is 0.480. The first-order valence-corrected chi connectivity index (χ1v) is 11.5. The lowest BCUT2D eigenvalue weighted by Crippen LogP contribution is -2.46. The summed E-state index contributed by atoms with van der Waals surface area (Å²) in [7, 11) is 0. The first kappa shape index (κ1) is 20.9. The molecule has 1 aromatic carbocycles. The van der Waals surface area contributed by atoms with Crippen molar-refractivity contribution in [1.82, 2.24) is 14.8 Å². The van der Waals surface area contributed by atoms with Crippen molar-refractivity contribution in [1.29, 1.82) is 0 Å². The van der Waals surface area contributed by atoms with Crippen molar-refractivity contribution in [2.75, 3.05) is 31.1 Å². The van der Waals surface area contributed by atoms with Gasteiger partial charge in [-0.1, -0.05) is 0 Å². The van der Waals surface area contributed by atoms with E-state index in [-0.39, 0.29) is 18.4 Å². The van der Waals surface area contributed by atoms with Crippen LogP contribution >= 0.6 is 0 Å². The van der Waals surface area contributed by atoms with E-state index in [1.807, 2.05) is 30.0 Å². The molecule has 2 aromatic rings. The van der Waals surface area contributed by atoms with Gasteiger partial charge in [0.15, 0.2) is 0 Å². The van der Waals surface area contributed by atoms with Crippen molar-refractivity contribution in [3.05, 3.63) is 52.7 Å². The largest absolute Gasteiger partial charge is 0.335 e. The summed E-state index contributed by atoms with van der Waals surface area (Å²) in [5.41, 5.74) is 3.09. The van der Waals surface area contributed by atoms with Gasteiger partial charge >= 0.3 is 0 Å². The van der Waals surface area contributed by atoms with Crippen molar-refractivity contribution in [2.45, 2.75) is 51.7 Å². The second-order valence-corrected chi connectivity index (χ2v) is 9.37. The molecule has 1 atom stereocenters. The van der Waals surface area contributed by atoms with E-state index in [2.05, 4.69) is 16.0 Å². The molecule has 1 saturated heterocycles. The molecular weight excluding hydrogens is 407 g/mol. The molecule has 0 saturated carbocycles. The Labute approximate surface area is 188 Å². The Hall–Kier alpha value is -2.96. The third-order valence-corrected chi connectivity index (χ3v) is 6.87. The van der Waals surface area contributed by atoms with Gasteiger partial charge in [-0.15, -0.1) is 0 Å². The number of rotatable bonds is 3. The summed E-state index contributed by atoms with van der Waals surface area (Å²) in [6.07, 6.45) is 4.61. The molecule has 0 aliphatic carbocycles. The first-order chi connectivity index (χ1) is 15.4. The molecule has 7 heteroatoms. The molecule has 2 amide bonds. The van der Waals surface area contributed by atoms with E-state index in [4.69, 9.17) is 0 Å². The van der Waals surface area contributed by atoms with Gasteiger partial charge in [0.25, 0.3) is 11.8 Å². The predicted molar refractivity (Wildman–Crippen MR) is 121 cm³/mol. The smallest absolute Gasteiger partial charge is 0.255 e. The van der Waals surface area contributed by atoms with Crippen LogP contribution in [-0.2, 0) is 13.0 Å². The lowest BCUT2D eigenvalue weighted by atomic mass is 9.96. The van der Waals surface area contributed by atoms with E-state index < -0.39 is 5.67 Å². The van der Waals surface area contributed by atoms with Crippen LogP contribution in [0.25, 0.3) is 0 Å². The highest BCUT2D eigenvalue weighted by Crippen LogP contribution is 2.35. The van der Waals surface area contributed by atoms with Crippen molar-refractivity contribution in [3.63, 3.8) is 0 Å². The minimum absolute atomic E-state index is 0.0939. The summed E-state index contributed by atoms with van der Waals surface area (Å²) < 4.78 is 14.4. The molecule has 0 N–H and O–H groups in total. The van der Waals surface area contributed by atoms with Gasteiger partial charge in [-0.3, -0.25) is 9.59 Å². The Morgan fingerprint density at radius 3 is 2.81 bits per heavy atom. The topological polar surface area (TPSA) is 56.8 Å². The molecule has 32 heavy (non-hydrogen) atoms. The van der Waals surface area contributed by atoms with Crippen LogP contribution < -0.4 is 4.90 Å². The third kappa shape index (κ3) is 3.63. The van der Waals surface area contributed by atoms with Crippen LogP contribution in [0.2, 0.25) is 0 Å². The maximum atomic E-state index is 14.4. The first-order valence-electron chi connectivity index (χ1n) is 11.5. The average Bonchev–Trinajstić information content (AvgIpc) is 3.12. The Bertz CT molecular complexity index is 1080. The molecule has 1 fully saturated rings. The molecule has 1 aromatic heterocycles. The second-order valence-electron chi connectivity index (χ2n) is 9.37. The number of hydrogen-bond donors (Lipinski definition) is 0. The lowest BCUT2D eigenvalue weighted by molar-refractivity contribution is 0.0417. The molecule has 1 unspecified atom stereocenters. The number of aryl methyl sites for hydroxylation is 1. The minimum atomic E-state index is -1.32. The Morgan fingerprint density at radius 1 is 1.19 bits per heavy atom. The number of alkyl halides is 1. The Kier molecular flexibility index (Phi) is 5.14. The molecule has 0 radical (unpaired) electrons. The fourth-order valence-electron chi connectivity index (χ4n) is 5.17. The maximum absolute atomic E-state index is 14.4. The molecule has 0 spiro atoms. The molecule has 3 aliphatic rings. The second kappa shape index (κ2) is 7.87. The fourth-order valence-corrected chi connectivity index (χ4v) is 5.17. The summed E-state index contributed by atoms with van der Waals surface area (Å²) in [6, 6.07) is 7.92. The normalized spacial score (nSPS) is 22.7. The van der Waals surface area contributed by atoms with E-state index >= 15 is 0 Å². The number of carbonyl (C=O) groups is 2. The number of carbonyl (C=O) groups excluding carboxylic acids is 2. The summed E-state index contributed by atoms with van der Waals surface area (Å²) >= 11 is 0. The summed E-state index contributed by atoms with van der Waals surface area (Å²) in [5.74, 6) is 0.812. The van der Waals surface area contributed by atoms with Gasteiger partial charge in [-0.25, -0.2) is 9.37 Å². The van der Waals surface area contributed by atoms with Gasteiger partial charge < -0.3 is 14.7 Å². The number of aromatic nitrogens is 1. The standard InChI is InChI=1S/C25H29FN4O2/c1-3-28-15-19-13-20(7-8-21(19)24(28)32)30-11-4-6-17-12-18(14-27-22(17)30)23(31)29-10-5-9-25(2,26)16-29/h7-8,12-14H,3-6,9-11,15-16H2,1-2H3. The van der Waals surface area contributed by atoms with E-state index in [9.17, 15) is 14.0 Å². The van der Waals surface area contributed by atoms with Gasteiger partial charge in [-0.05, 0) is 74.9 Å². The molecule has 5 rings (SSSR count). The summed E-state index contributed by atoms with van der Waals surface area (Å²) in [6.45, 7) is 6.47. The molecule has 4 heterocycles. The van der Waals surface area contributed by atoms with Crippen LogP contribution in [0.3, 0.4) is 0 Å². The summed E-state index contributed by atoms with van der Waals surface area (Å²) in [5, 5.41) is 0. The highest BCUT2D eigenvalue weighted by molar-refractivity contribution is 5.99. The molecule has 168 valence electrons. The molecular formula is C25H29FN4O2. The van der Waals surface area contributed by atoms with E-state index in [1.54, 1.807) is 18.0 Å². The number of fused-ring (bicyclic) bond motifs is 2.